The first-order valence-corrected chi connectivity index (χ1v) is 8.68. The molecule has 3 rings (SSSR count). The first-order valence-electron chi connectivity index (χ1n) is 8.68. The van der Waals surface area contributed by atoms with Crippen LogP contribution < -0.4 is 14.8 Å². The quantitative estimate of drug-likeness (QED) is 0.590. The second-order valence-corrected chi connectivity index (χ2v) is 6.01. The molecule has 0 fully saturated rings. The predicted octanol–water partition coefficient (Wildman–Crippen LogP) is 2.59. The van der Waals surface area contributed by atoms with Gasteiger partial charge in [0.1, 0.15) is 5.82 Å². The van der Waals surface area contributed by atoms with Gasteiger partial charge in [0, 0.05) is 16.8 Å². The van der Waals surface area contributed by atoms with Crippen LogP contribution in [-0.2, 0) is 9.53 Å². The summed E-state index contributed by atoms with van der Waals surface area (Å²) < 4.78 is 15.1. The largest absolute Gasteiger partial charge is 0.493 e. The van der Waals surface area contributed by atoms with Gasteiger partial charge in [0.25, 0.3) is 5.91 Å². The van der Waals surface area contributed by atoms with Crippen molar-refractivity contribution in [2.24, 2.45) is 0 Å². The topological polar surface area (TPSA) is 115 Å². The van der Waals surface area contributed by atoms with E-state index in [2.05, 4.69) is 25.2 Å². The Balaban J connectivity index is 1.69. The van der Waals surface area contributed by atoms with Crippen LogP contribution in [0.3, 0.4) is 0 Å². The zero-order chi connectivity index (χ0) is 20.8. The van der Waals surface area contributed by atoms with Crippen LogP contribution in [0.15, 0.2) is 42.5 Å². The van der Waals surface area contributed by atoms with Crippen LogP contribution in [0.4, 0.5) is 5.69 Å². The zero-order valence-electron chi connectivity index (χ0n) is 16.2. The average molecular weight is 396 g/mol. The maximum Gasteiger partial charge on any atom is 0.343 e. The number of ether oxygens (including phenoxy) is 3. The van der Waals surface area contributed by atoms with E-state index < -0.39 is 5.97 Å². The molecule has 0 atom stereocenters. The molecular formula is C20H20N4O5. The molecule has 0 bridgehead atoms. The number of nitrogens with zero attached hydrogens (tertiary/aromatic N) is 2. The summed E-state index contributed by atoms with van der Waals surface area (Å²) in [6.45, 7) is 1.57. The lowest BCUT2D eigenvalue weighted by Crippen LogP contribution is -2.14. The molecule has 0 unspecified atom stereocenters. The zero-order valence-corrected chi connectivity index (χ0v) is 16.2. The smallest absolute Gasteiger partial charge is 0.343 e. The van der Waals surface area contributed by atoms with Crippen LogP contribution in [0.2, 0.25) is 0 Å². The summed E-state index contributed by atoms with van der Waals surface area (Å²) in [7, 11) is 2.72. The standard InChI is InChI=1S/C20H20N4O5/c1-12-21-19(24-23-12)13-4-7-15(8-5-13)22-20(26)14-6-9-16(17(10-14)27-2)29-11-18(25)28-3/h4-10H,11H2,1-3H3,(H,22,26)(H,21,23,24). The number of methoxy groups -OCH3 is 2. The first kappa shape index (κ1) is 19.9. The second kappa shape index (κ2) is 8.87. The number of amides is 1. The van der Waals surface area contributed by atoms with Crippen molar-refractivity contribution in [2.75, 3.05) is 26.1 Å². The molecule has 0 radical (unpaired) electrons. The molecule has 1 heterocycles. The van der Waals surface area contributed by atoms with Gasteiger partial charge in [-0.25, -0.2) is 9.78 Å². The monoisotopic (exact) mass is 396 g/mol. The van der Waals surface area contributed by atoms with Crippen molar-refractivity contribution in [3.8, 4) is 22.9 Å². The number of carbonyl (C=O) groups excluding carboxylic acids is 2. The number of H-pyrrole nitrogens is 1. The maximum absolute atomic E-state index is 12.6. The fourth-order valence-corrected chi connectivity index (χ4v) is 2.50. The summed E-state index contributed by atoms with van der Waals surface area (Å²) in [6, 6.07) is 11.9. The Morgan fingerprint density at radius 2 is 1.83 bits per heavy atom. The van der Waals surface area contributed by atoms with E-state index in [-0.39, 0.29) is 12.5 Å². The minimum absolute atomic E-state index is 0.255. The van der Waals surface area contributed by atoms with E-state index in [0.29, 0.717) is 28.6 Å². The highest BCUT2D eigenvalue weighted by Crippen LogP contribution is 2.28. The van der Waals surface area contributed by atoms with Gasteiger partial charge < -0.3 is 19.5 Å². The van der Waals surface area contributed by atoms with E-state index in [1.54, 1.807) is 24.3 Å². The van der Waals surface area contributed by atoms with Crippen molar-refractivity contribution >= 4 is 17.6 Å². The van der Waals surface area contributed by atoms with Crippen LogP contribution in [-0.4, -0.2) is 47.9 Å². The third-order valence-electron chi connectivity index (χ3n) is 4.00. The number of hydrogen-bond acceptors (Lipinski definition) is 7. The van der Waals surface area contributed by atoms with E-state index >= 15 is 0 Å². The summed E-state index contributed by atoms with van der Waals surface area (Å²) in [5.74, 6) is 1.15. The molecule has 0 aliphatic carbocycles. The van der Waals surface area contributed by atoms with Gasteiger partial charge in [-0.2, -0.15) is 5.10 Å². The number of benzene rings is 2. The first-order chi connectivity index (χ1) is 14.0. The van der Waals surface area contributed by atoms with Crippen molar-refractivity contribution in [1.82, 2.24) is 15.2 Å². The SMILES string of the molecule is COC(=O)COc1ccc(C(=O)Nc2ccc(-c3n[nH]c(C)n3)cc2)cc1OC. The maximum atomic E-state index is 12.6. The molecule has 0 aliphatic rings. The van der Waals surface area contributed by atoms with Crippen LogP contribution in [0.1, 0.15) is 16.2 Å². The number of aromatic nitrogens is 3. The number of esters is 1. The average Bonchev–Trinajstić information content (AvgIpc) is 3.18. The molecule has 0 saturated carbocycles. The Morgan fingerprint density at radius 3 is 2.45 bits per heavy atom. The Kier molecular flexibility index (Phi) is 6.08. The third-order valence-corrected chi connectivity index (χ3v) is 4.00. The number of nitrogens with one attached hydrogen (secondary N) is 2. The molecule has 1 aromatic heterocycles. The number of aromatic amines is 1. The number of anilines is 1. The second-order valence-electron chi connectivity index (χ2n) is 6.01. The fraction of sp³-hybridized carbons (Fsp3) is 0.200. The van der Waals surface area contributed by atoms with Gasteiger partial charge in [-0.05, 0) is 49.4 Å². The highest BCUT2D eigenvalue weighted by Gasteiger charge is 2.13. The van der Waals surface area contributed by atoms with Gasteiger partial charge in [0.05, 0.1) is 14.2 Å². The minimum atomic E-state index is -0.516. The Morgan fingerprint density at radius 1 is 1.07 bits per heavy atom. The van der Waals surface area contributed by atoms with Crippen LogP contribution >= 0.6 is 0 Å². The van der Waals surface area contributed by atoms with Crippen molar-refractivity contribution in [3.63, 3.8) is 0 Å². The molecular weight excluding hydrogens is 376 g/mol. The molecule has 3 aromatic rings. The summed E-state index contributed by atoms with van der Waals surface area (Å²) in [5, 5.41) is 9.71. The predicted molar refractivity (Wildman–Crippen MR) is 105 cm³/mol. The Labute approximate surface area is 167 Å². The van der Waals surface area contributed by atoms with Gasteiger partial charge in [0.15, 0.2) is 23.9 Å². The van der Waals surface area contributed by atoms with Crippen LogP contribution in [0.5, 0.6) is 11.5 Å². The molecule has 2 N–H and O–H groups in total. The lowest BCUT2D eigenvalue weighted by molar-refractivity contribution is -0.142. The Bertz CT molecular complexity index is 1010. The third kappa shape index (κ3) is 4.89. The van der Waals surface area contributed by atoms with E-state index in [1.165, 1.54) is 20.3 Å². The van der Waals surface area contributed by atoms with Crippen LogP contribution in [0, 0.1) is 6.92 Å². The molecule has 2 aromatic carbocycles. The van der Waals surface area contributed by atoms with E-state index in [9.17, 15) is 9.59 Å². The van der Waals surface area contributed by atoms with E-state index in [1.807, 2.05) is 19.1 Å². The normalized spacial score (nSPS) is 10.3. The number of aryl methyl sites for hydroxylation is 1. The molecule has 9 nitrogen and oxygen atoms in total. The van der Waals surface area contributed by atoms with E-state index in [0.717, 1.165) is 11.4 Å². The molecule has 9 heteroatoms. The molecule has 29 heavy (non-hydrogen) atoms. The summed E-state index contributed by atoms with van der Waals surface area (Å²) in [6.07, 6.45) is 0. The number of rotatable bonds is 7. The van der Waals surface area contributed by atoms with Gasteiger partial charge in [0.2, 0.25) is 0 Å². The molecule has 0 aliphatic heterocycles. The minimum Gasteiger partial charge on any atom is -0.493 e. The molecule has 1 amide bonds. The van der Waals surface area contributed by atoms with Crippen molar-refractivity contribution in [2.45, 2.75) is 6.92 Å². The van der Waals surface area contributed by atoms with Crippen molar-refractivity contribution in [3.05, 3.63) is 53.9 Å². The molecule has 0 spiro atoms. The van der Waals surface area contributed by atoms with Crippen molar-refractivity contribution < 1.29 is 23.8 Å². The fourth-order valence-electron chi connectivity index (χ4n) is 2.50. The van der Waals surface area contributed by atoms with Gasteiger partial charge >= 0.3 is 5.97 Å². The highest BCUT2D eigenvalue weighted by molar-refractivity contribution is 6.04. The lowest BCUT2D eigenvalue weighted by atomic mass is 10.1. The summed E-state index contributed by atoms with van der Waals surface area (Å²) >= 11 is 0. The summed E-state index contributed by atoms with van der Waals surface area (Å²) in [4.78, 5) is 28.0. The lowest BCUT2D eigenvalue weighted by Gasteiger charge is -2.12. The van der Waals surface area contributed by atoms with Gasteiger partial charge in [-0.3, -0.25) is 9.89 Å². The van der Waals surface area contributed by atoms with Gasteiger partial charge in [-0.15, -0.1) is 0 Å². The Hall–Kier alpha value is -3.88. The van der Waals surface area contributed by atoms with Crippen molar-refractivity contribution in [1.29, 1.82) is 0 Å². The molecule has 150 valence electrons. The number of carbonyl (C=O) groups is 2. The van der Waals surface area contributed by atoms with Crippen LogP contribution in [0.25, 0.3) is 11.4 Å². The van der Waals surface area contributed by atoms with E-state index in [4.69, 9.17) is 9.47 Å². The highest BCUT2D eigenvalue weighted by atomic mass is 16.6. The molecule has 0 saturated heterocycles. The summed E-state index contributed by atoms with van der Waals surface area (Å²) in [5.41, 5.74) is 1.83. The number of hydrogen-bond donors (Lipinski definition) is 2. The van der Waals surface area contributed by atoms with Gasteiger partial charge in [-0.1, -0.05) is 0 Å².